The van der Waals surface area contributed by atoms with Gasteiger partial charge in [-0.25, -0.2) is 0 Å². The van der Waals surface area contributed by atoms with Crippen LogP contribution in [0.25, 0.3) is 0 Å². The third-order valence-electron chi connectivity index (χ3n) is 5.73. The summed E-state index contributed by atoms with van der Waals surface area (Å²) >= 11 is 0. The fraction of sp³-hybridized carbons (Fsp3) is 0.650. The van der Waals surface area contributed by atoms with Crippen molar-refractivity contribution in [3.63, 3.8) is 0 Å². The van der Waals surface area contributed by atoms with Gasteiger partial charge in [-0.3, -0.25) is 14.6 Å². The van der Waals surface area contributed by atoms with Gasteiger partial charge in [0.15, 0.2) is 17.3 Å². The Balaban J connectivity index is 1.30. The summed E-state index contributed by atoms with van der Waals surface area (Å²) in [6.45, 7) is 5.80. The number of carbonyl (C=O) groups excluding carboxylic acids is 1. The molecule has 0 bridgehead atoms. The molecule has 1 aromatic carbocycles. The van der Waals surface area contributed by atoms with E-state index in [4.69, 9.17) is 9.47 Å². The van der Waals surface area contributed by atoms with Gasteiger partial charge in [0, 0.05) is 37.8 Å². The van der Waals surface area contributed by atoms with Crippen LogP contribution in [-0.2, 0) is 0 Å². The number of benzene rings is 1. The molecule has 0 aromatic heterocycles. The van der Waals surface area contributed by atoms with Crippen molar-refractivity contribution in [1.29, 1.82) is 0 Å². The molecule has 0 amide bonds. The summed E-state index contributed by atoms with van der Waals surface area (Å²) in [5.74, 6) is 1.60. The quantitative estimate of drug-likeness (QED) is 0.786. The van der Waals surface area contributed by atoms with Gasteiger partial charge in [-0.1, -0.05) is 19.3 Å². The summed E-state index contributed by atoms with van der Waals surface area (Å²) < 4.78 is 11.1. The molecule has 0 unspecified atom stereocenters. The van der Waals surface area contributed by atoms with E-state index >= 15 is 0 Å². The average Bonchev–Trinajstić information content (AvgIpc) is 2.69. The smallest absolute Gasteiger partial charge is 0.176 e. The molecule has 4 rings (SSSR count). The van der Waals surface area contributed by atoms with Crippen LogP contribution in [0.4, 0.5) is 0 Å². The molecule has 0 radical (unpaired) electrons. The highest BCUT2D eigenvalue weighted by atomic mass is 16.6. The van der Waals surface area contributed by atoms with Crippen LogP contribution in [0.3, 0.4) is 0 Å². The van der Waals surface area contributed by atoms with E-state index < -0.39 is 0 Å². The van der Waals surface area contributed by atoms with Crippen molar-refractivity contribution in [2.75, 3.05) is 45.9 Å². The van der Waals surface area contributed by atoms with E-state index in [-0.39, 0.29) is 5.78 Å². The lowest BCUT2D eigenvalue weighted by Gasteiger charge is -2.40. The summed E-state index contributed by atoms with van der Waals surface area (Å²) in [4.78, 5) is 17.6. The Morgan fingerprint density at radius 1 is 0.960 bits per heavy atom. The zero-order valence-electron chi connectivity index (χ0n) is 14.9. The molecular formula is C20H28N2O3. The van der Waals surface area contributed by atoms with Crippen molar-refractivity contribution in [3.8, 4) is 11.5 Å². The Kier molecular flexibility index (Phi) is 5.22. The number of nitrogens with zero attached hydrogens (tertiary/aromatic N) is 2. The van der Waals surface area contributed by atoms with Crippen LogP contribution in [-0.4, -0.2) is 67.6 Å². The van der Waals surface area contributed by atoms with E-state index in [1.165, 1.54) is 32.1 Å². The number of hydrogen-bond donors (Lipinski definition) is 0. The molecule has 0 atom stereocenters. The number of hydrogen-bond acceptors (Lipinski definition) is 5. The lowest BCUT2D eigenvalue weighted by Crippen LogP contribution is -2.51. The van der Waals surface area contributed by atoms with Crippen LogP contribution in [0.5, 0.6) is 11.5 Å². The van der Waals surface area contributed by atoms with Crippen LogP contribution in [0.2, 0.25) is 0 Å². The molecule has 2 heterocycles. The van der Waals surface area contributed by atoms with Gasteiger partial charge in [-0.15, -0.1) is 0 Å². The minimum atomic E-state index is 0.170. The molecule has 2 fully saturated rings. The lowest BCUT2D eigenvalue weighted by molar-refractivity contribution is 0.0691. The number of ketones is 1. The predicted octanol–water partition coefficient (Wildman–Crippen LogP) is 2.59. The molecule has 5 heteroatoms. The largest absolute Gasteiger partial charge is 0.486 e. The Morgan fingerprint density at radius 2 is 1.68 bits per heavy atom. The van der Waals surface area contributed by atoms with Crippen molar-refractivity contribution >= 4 is 5.78 Å². The Morgan fingerprint density at radius 3 is 2.44 bits per heavy atom. The molecule has 0 spiro atoms. The lowest BCUT2D eigenvalue weighted by atomic mass is 9.94. The minimum Gasteiger partial charge on any atom is -0.486 e. The Labute approximate surface area is 149 Å². The Bertz CT molecular complexity index is 605. The number of ether oxygens (including phenoxy) is 2. The SMILES string of the molecule is O=C(CN1CCN(C2CCCCC2)CC1)c1ccc2c(c1)OCCO2. The summed E-state index contributed by atoms with van der Waals surface area (Å²) in [6.07, 6.45) is 6.88. The average molecular weight is 344 g/mol. The topological polar surface area (TPSA) is 42.0 Å². The van der Waals surface area contributed by atoms with Gasteiger partial charge in [-0.05, 0) is 31.0 Å². The molecule has 0 N–H and O–H groups in total. The van der Waals surface area contributed by atoms with Crippen molar-refractivity contribution in [1.82, 2.24) is 9.80 Å². The highest BCUT2D eigenvalue weighted by Gasteiger charge is 2.26. The second-order valence-electron chi connectivity index (χ2n) is 7.39. The van der Waals surface area contributed by atoms with Gasteiger partial charge in [0.1, 0.15) is 13.2 Å². The molecule has 136 valence electrons. The second kappa shape index (κ2) is 7.75. The predicted molar refractivity (Wildman–Crippen MR) is 96.6 cm³/mol. The number of Topliss-reactive ketones (excluding diaryl/α,β-unsaturated/α-hetero) is 1. The highest BCUT2D eigenvalue weighted by Crippen LogP contribution is 2.31. The van der Waals surface area contributed by atoms with Gasteiger partial charge < -0.3 is 9.47 Å². The van der Waals surface area contributed by atoms with Crippen LogP contribution >= 0.6 is 0 Å². The van der Waals surface area contributed by atoms with E-state index in [9.17, 15) is 4.79 Å². The van der Waals surface area contributed by atoms with Crippen molar-refractivity contribution in [3.05, 3.63) is 23.8 Å². The minimum absolute atomic E-state index is 0.170. The maximum absolute atomic E-state index is 12.6. The van der Waals surface area contributed by atoms with E-state index in [1.807, 2.05) is 18.2 Å². The summed E-state index contributed by atoms with van der Waals surface area (Å²) in [5, 5.41) is 0. The maximum atomic E-state index is 12.6. The van der Waals surface area contributed by atoms with Gasteiger partial charge in [0.25, 0.3) is 0 Å². The first-order chi connectivity index (χ1) is 12.3. The third kappa shape index (κ3) is 3.98. The molecule has 3 aliphatic rings. The van der Waals surface area contributed by atoms with Gasteiger partial charge >= 0.3 is 0 Å². The third-order valence-corrected chi connectivity index (χ3v) is 5.73. The van der Waals surface area contributed by atoms with Gasteiger partial charge in [0.2, 0.25) is 0 Å². The second-order valence-corrected chi connectivity index (χ2v) is 7.39. The first-order valence-electron chi connectivity index (χ1n) is 9.69. The zero-order chi connectivity index (χ0) is 17.1. The molecular weight excluding hydrogens is 316 g/mol. The molecule has 1 aliphatic carbocycles. The normalized spacial score (nSPS) is 22.7. The molecule has 5 nitrogen and oxygen atoms in total. The number of rotatable bonds is 4. The number of fused-ring (bicyclic) bond motifs is 1. The molecule has 25 heavy (non-hydrogen) atoms. The fourth-order valence-electron chi connectivity index (χ4n) is 4.24. The van der Waals surface area contributed by atoms with E-state index in [0.29, 0.717) is 25.5 Å². The van der Waals surface area contributed by atoms with Crippen LogP contribution < -0.4 is 9.47 Å². The van der Waals surface area contributed by atoms with E-state index in [2.05, 4.69) is 9.80 Å². The summed E-state index contributed by atoms with van der Waals surface area (Å²) in [5.41, 5.74) is 0.721. The van der Waals surface area contributed by atoms with E-state index in [0.717, 1.165) is 43.5 Å². The summed E-state index contributed by atoms with van der Waals surface area (Å²) in [6, 6.07) is 6.32. The number of carbonyl (C=O) groups is 1. The highest BCUT2D eigenvalue weighted by molar-refractivity contribution is 5.98. The monoisotopic (exact) mass is 344 g/mol. The van der Waals surface area contributed by atoms with Gasteiger partial charge in [-0.2, -0.15) is 0 Å². The summed E-state index contributed by atoms with van der Waals surface area (Å²) in [7, 11) is 0. The molecule has 1 saturated heterocycles. The maximum Gasteiger partial charge on any atom is 0.176 e. The Hall–Kier alpha value is -1.59. The molecule has 1 saturated carbocycles. The van der Waals surface area contributed by atoms with Crippen molar-refractivity contribution < 1.29 is 14.3 Å². The molecule has 1 aromatic rings. The van der Waals surface area contributed by atoms with Gasteiger partial charge in [0.05, 0.1) is 6.54 Å². The first-order valence-corrected chi connectivity index (χ1v) is 9.69. The standard InChI is InChI=1S/C20H28N2O3/c23-18(16-6-7-19-20(14-16)25-13-12-24-19)15-21-8-10-22(11-9-21)17-4-2-1-3-5-17/h6-7,14,17H,1-5,8-13,15H2. The fourth-order valence-corrected chi connectivity index (χ4v) is 4.24. The first kappa shape index (κ1) is 16.9. The zero-order valence-corrected chi connectivity index (χ0v) is 14.9. The number of piperazine rings is 1. The van der Waals surface area contributed by atoms with Crippen LogP contribution in [0.15, 0.2) is 18.2 Å². The van der Waals surface area contributed by atoms with Crippen LogP contribution in [0.1, 0.15) is 42.5 Å². The molecule has 2 aliphatic heterocycles. The van der Waals surface area contributed by atoms with Crippen molar-refractivity contribution in [2.24, 2.45) is 0 Å². The van der Waals surface area contributed by atoms with Crippen molar-refractivity contribution in [2.45, 2.75) is 38.1 Å². The van der Waals surface area contributed by atoms with Crippen LogP contribution in [0, 0.1) is 0 Å². The van der Waals surface area contributed by atoms with E-state index in [1.54, 1.807) is 0 Å².